The molecule has 2 N–H and O–H groups in total. The van der Waals surface area contributed by atoms with Crippen molar-refractivity contribution in [3.8, 4) is 5.69 Å². The first-order valence-electron chi connectivity index (χ1n) is 9.32. The van der Waals surface area contributed by atoms with Gasteiger partial charge < -0.3 is 10.6 Å². The molecule has 1 atom stereocenters. The van der Waals surface area contributed by atoms with Crippen molar-refractivity contribution < 1.29 is 14.5 Å². The topological polar surface area (TPSA) is 119 Å². The van der Waals surface area contributed by atoms with E-state index >= 15 is 0 Å². The predicted octanol–water partition coefficient (Wildman–Crippen LogP) is 2.21. The van der Waals surface area contributed by atoms with E-state index in [9.17, 15) is 19.7 Å². The summed E-state index contributed by atoms with van der Waals surface area (Å²) in [5.74, 6) is -0.496. The number of likely N-dealkylation sites (N-methyl/N-ethyl adjacent to an activating group) is 1. The first kappa shape index (κ1) is 19.5. The number of nitro benzene ring substituents is 1. The Morgan fingerprint density at radius 3 is 2.46 bits per heavy atom. The second kappa shape index (κ2) is 8.64. The normalized spacial score (nSPS) is 15.6. The molecule has 1 heterocycles. The Morgan fingerprint density at radius 1 is 1.18 bits per heavy atom. The lowest BCUT2D eigenvalue weighted by atomic mass is 9.83. The second-order valence-electron chi connectivity index (χ2n) is 6.88. The van der Waals surface area contributed by atoms with Gasteiger partial charge in [0.15, 0.2) is 5.69 Å². The first-order valence-corrected chi connectivity index (χ1v) is 9.32. The zero-order chi connectivity index (χ0) is 20.1. The molecule has 1 aromatic carbocycles. The van der Waals surface area contributed by atoms with Crippen molar-refractivity contribution in [2.24, 2.45) is 5.92 Å². The van der Waals surface area contributed by atoms with E-state index in [1.807, 2.05) is 0 Å². The van der Waals surface area contributed by atoms with E-state index in [0.717, 1.165) is 32.1 Å². The maximum atomic E-state index is 12.6. The highest BCUT2D eigenvalue weighted by molar-refractivity contribution is 5.96. The molecular formula is C19H23N5O4. The molecule has 9 nitrogen and oxygen atoms in total. The molecule has 1 aliphatic carbocycles. The van der Waals surface area contributed by atoms with E-state index in [-0.39, 0.29) is 23.2 Å². The van der Waals surface area contributed by atoms with E-state index in [2.05, 4.69) is 15.7 Å². The summed E-state index contributed by atoms with van der Waals surface area (Å²) in [6.45, 7) is 0. The number of rotatable bonds is 6. The first-order chi connectivity index (χ1) is 13.5. The van der Waals surface area contributed by atoms with Crippen LogP contribution < -0.4 is 10.6 Å². The van der Waals surface area contributed by atoms with Crippen molar-refractivity contribution in [1.82, 2.24) is 20.4 Å². The number of amides is 2. The average Bonchev–Trinajstić information content (AvgIpc) is 3.22. The quantitative estimate of drug-likeness (QED) is 0.584. The fraction of sp³-hybridized carbons (Fsp3) is 0.421. The lowest BCUT2D eigenvalue weighted by Crippen LogP contribution is -2.50. The molecule has 2 aromatic rings. The Morgan fingerprint density at radius 2 is 1.86 bits per heavy atom. The number of benzene rings is 1. The van der Waals surface area contributed by atoms with Crippen LogP contribution in [0.5, 0.6) is 0 Å². The molecule has 0 bridgehead atoms. The van der Waals surface area contributed by atoms with Crippen LogP contribution in [0.25, 0.3) is 5.69 Å². The number of non-ortho nitro benzene ring substituents is 1. The molecule has 1 fully saturated rings. The molecule has 28 heavy (non-hydrogen) atoms. The molecule has 1 aliphatic rings. The number of carbonyl (C=O) groups is 2. The van der Waals surface area contributed by atoms with Crippen LogP contribution in [0.3, 0.4) is 0 Å². The van der Waals surface area contributed by atoms with Crippen molar-refractivity contribution in [2.45, 2.75) is 38.1 Å². The fourth-order valence-corrected chi connectivity index (χ4v) is 3.55. The molecule has 0 aliphatic heterocycles. The average molecular weight is 385 g/mol. The third kappa shape index (κ3) is 4.36. The molecule has 1 aromatic heterocycles. The number of nitro groups is 1. The molecule has 9 heteroatoms. The Bertz CT molecular complexity index is 855. The van der Waals surface area contributed by atoms with Crippen LogP contribution in [0.4, 0.5) is 5.69 Å². The van der Waals surface area contributed by atoms with Crippen molar-refractivity contribution >= 4 is 17.5 Å². The summed E-state index contributed by atoms with van der Waals surface area (Å²) in [7, 11) is 1.56. The number of hydrogen-bond acceptors (Lipinski definition) is 5. The van der Waals surface area contributed by atoms with E-state index in [1.54, 1.807) is 31.4 Å². The van der Waals surface area contributed by atoms with Crippen LogP contribution >= 0.6 is 0 Å². The molecule has 3 rings (SSSR count). The summed E-state index contributed by atoms with van der Waals surface area (Å²) in [6.07, 6.45) is 6.70. The Hall–Kier alpha value is -3.23. The molecule has 2 amide bonds. The van der Waals surface area contributed by atoms with Gasteiger partial charge in [-0.05, 0) is 37.0 Å². The Balaban J connectivity index is 1.73. The molecule has 148 valence electrons. The lowest BCUT2D eigenvalue weighted by Gasteiger charge is -2.29. The van der Waals surface area contributed by atoms with Gasteiger partial charge in [0.25, 0.3) is 11.6 Å². The van der Waals surface area contributed by atoms with Crippen molar-refractivity contribution in [3.05, 3.63) is 52.3 Å². The van der Waals surface area contributed by atoms with Gasteiger partial charge in [0.2, 0.25) is 5.91 Å². The van der Waals surface area contributed by atoms with Crippen molar-refractivity contribution in [1.29, 1.82) is 0 Å². The zero-order valence-electron chi connectivity index (χ0n) is 15.6. The minimum Gasteiger partial charge on any atom is -0.357 e. The highest BCUT2D eigenvalue weighted by Gasteiger charge is 2.31. The third-order valence-electron chi connectivity index (χ3n) is 5.08. The van der Waals surface area contributed by atoms with Gasteiger partial charge >= 0.3 is 0 Å². The SMILES string of the molecule is CNC(=O)[C@@H](NC(=O)c1ccn(-c2ccc([N+](=O)[O-])cc2)n1)C1CCCCC1. The largest absolute Gasteiger partial charge is 0.357 e. The van der Waals surface area contributed by atoms with Gasteiger partial charge in [0.05, 0.1) is 10.6 Å². The summed E-state index contributed by atoms with van der Waals surface area (Å²) in [5.41, 5.74) is 0.762. The van der Waals surface area contributed by atoms with Gasteiger partial charge in [-0.1, -0.05) is 19.3 Å². The number of carbonyl (C=O) groups excluding carboxylic acids is 2. The highest BCUT2D eigenvalue weighted by Crippen LogP contribution is 2.27. The molecule has 0 radical (unpaired) electrons. The predicted molar refractivity (Wildman–Crippen MR) is 102 cm³/mol. The Labute approximate surface area is 162 Å². The fourth-order valence-electron chi connectivity index (χ4n) is 3.55. The third-order valence-corrected chi connectivity index (χ3v) is 5.08. The van der Waals surface area contributed by atoms with E-state index in [0.29, 0.717) is 5.69 Å². The van der Waals surface area contributed by atoms with Crippen LogP contribution in [0.2, 0.25) is 0 Å². The van der Waals surface area contributed by atoms with Crippen LogP contribution in [0, 0.1) is 16.0 Å². The van der Waals surface area contributed by atoms with Gasteiger partial charge in [-0.15, -0.1) is 0 Å². The smallest absolute Gasteiger partial charge is 0.272 e. The van der Waals surface area contributed by atoms with Crippen molar-refractivity contribution in [2.75, 3.05) is 7.05 Å². The minimum absolute atomic E-state index is 0.0187. The van der Waals surface area contributed by atoms with Crippen LogP contribution in [-0.2, 0) is 4.79 Å². The van der Waals surface area contributed by atoms with Crippen molar-refractivity contribution in [3.63, 3.8) is 0 Å². The zero-order valence-corrected chi connectivity index (χ0v) is 15.6. The maximum absolute atomic E-state index is 12.6. The maximum Gasteiger partial charge on any atom is 0.272 e. The van der Waals surface area contributed by atoms with E-state index in [1.165, 1.54) is 16.8 Å². The number of hydrogen-bond donors (Lipinski definition) is 2. The van der Waals surface area contributed by atoms with E-state index < -0.39 is 16.9 Å². The van der Waals surface area contributed by atoms with Gasteiger partial charge in [-0.2, -0.15) is 5.10 Å². The van der Waals surface area contributed by atoms with Gasteiger partial charge in [0, 0.05) is 25.4 Å². The molecular weight excluding hydrogens is 362 g/mol. The summed E-state index contributed by atoms with van der Waals surface area (Å²) < 4.78 is 1.47. The van der Waals surface area contributed by atoms with Crippen LogP contribution in [0.1, 0.15) is 42.6 Å². The summed E-state index contributed by atoms with van der Waals surface area (Å²) >= 11 is 0. The van der Waals surface area contributed by atoms with Crippen LogP contribution in [0.15, 0.2) is 36.5 Å². The second-order valence-corrected chi connectivity index (χ2v) is 6.88. The van der Waals surface area contributed by atoms with Gasteiger partial charge in [-0.25, -0.2) is 4.68 Å². The number of nitrogens with one attached hydrogen (secondary N) is 2. The highest BCUT2D eigenvalue weighted by atomic mass is 16.6. The molecule has 0 spiro atoms. The number of aromatic nitrogens is 2. The molecule has 0 unspecified atom stereocenters. The molecule has 0 saturated heterocycles. The summed E-state index contributed by atoms with van der Waals surface area (Å²) in [6, 6.07) is 6.84. The Kier molecular flexibility index (Phi) is 6.03. The molecule has 1 saturated carbocycles. The van der Waals surface area contributed by atoms with E-state index in [4.69, 9.17) is 0 Å². The minimum atomic E-state index is -0.581. The number of nitrogens with zero attached hydrogens (tertiary/aromatic N) is 3. The van der Waals surface area contributed by atoms with Gasteiger partial charge in [0.1, 0.15) is 6.04 Å². The lowest BCUT2D eigenvalue weighted by molar-refractivity contribution is -0.384. The standard InChI is InChI=1S/C19H23N5O4/c1-20-19(26)17(13-5-3-2-4-6-13)21-18(25)16-11-12-23(22-16)14-7-9-15(10-8-14)24(27)28/h7-13,17H,2-6H2,1H3,(H,20,26)(H,21,25)/t17-/m0/s1. The monoisotopic (exact) mass is 385 g/mol. The summed E-state index contributed by atoms with van der Waals surface area (Å²) in [5, 5.41) is 20.5. The summed E-state index contributed by atoms with van der Waals surface area (Å²) in [4.78, 5) is 35.2. The van der Waals surface area contributed by atoms with Crippen LogP contribution in [-0.4, -0.2) is 39.6 Å². The van der Waals surface area contributed by atoms with Gasteiger partial charge in [-0.3, -0.25) is 19.7 Å².